The van der Waals surface area contributed by atoms with Gasteiger partial charge < -0.3 is 4.57 Å². The maximum atomic E-state index is 11.2. The number of benzene rings is 1. The minimum absolute atomic E-state index is 0.312. The van der Waals surface area contributed by atoms with Crippen molar-refractivity contribution in [3.05, 3.63) is 23.2 Å². The lowest BCUT2D eigenvalue weighted by Crippen LogP contribution is -2.14. The number of hydrogen-bond acceptors (Lipinski definition) is 3. The fourth-order valence-corrected chi connectivity index (χ4v) is 2.32. The van der Waals surface area contributed by atoms with Gasteiger partial charge in [0, 0.05) is 11.6 Å². The second kappa shape index (κ2) is 4.19. The van der Waals surface area contributed by atoms with Crippen LogP contribution in [0.5, 0.6) is 0 Å². The standard InChI is InChI=1S/C10H12ClN3O2S/c1-3-14-9-5-4-7(11)6-8(9)12-10(14)13-17(2,15)16/h4-6H,3H2,1-2H3,(H,12,13). The van der Waals surface area contributed by atoms with Gasteiger partial charge in [-0.2, -0.15) is 0 Å². The summed E-state index contributed by atoms with van der Waals surface area (Å²) in [6, 6.07) is 5.28. The highest BCUT2D eigenvalue weighted by Gasteiger charge is 2.12. The van der Waals surface area contributed by atoms with Crippen molar-refractivity contribution in [3.63, 3.8) is 0 Å². The summed E-state index contributed by atoms with van der Waals surface area (Å²) in [5, 5.41) is 0.573. The van der Waals surface area contributed by atoms with Crippen LogP contribution in [0.15, 0.2) is 18.2 Å². The molecule has 7 heteroatoms. The van der Waals surface area contributed by atoms with Crippen molar-refractivity contribution in [2.45, 2.75) is 13.5 Å². The maximum Gasteiger partial charge on any atom is 0.232 e. The van der Waals surface area contributed by atoms with Crippen molar-refractivity contribution in [1.29, 1.82) is 0 Å². The monoisotopic (exact) mass is 273 g/mol. The summed E-state index contributed by atoms with van der Waals surface area (Å²) in [6.45, 7) is 2.54. The van der Waals surface area contributed by atoms with Crippen molar-refractivity contribution < 1.29 is 8.42 Å². The van der Waals surface area contributed by atoms with E-state index in [4.69, 9.17) is 11.6 Å². The number of anilines is 1. The molecule has 0 aliphatic carbocycles. The molecule has 0 bridgehead atoms. The zero-order valence-corrected chi connectivity index (χ0v) is 11.0. The topological polar surface area (TPSA) is 64.0 Å². The van der Waals surface area contributed by atoms with Crippen LogP contribution in [0.25, 0.3) is 11.0 Å². The first kappa shape index (κ1) is 12.2. The molecule has 0 atom stereocenters. The average Bonchev–Trinajstić information content (AvgIpc) is 2.51. The molecular weight excluding hydrogens is 262 g/mol. The van der Waals surface area contributed by atoms with Gasteiger partial charge in [0.15, 0.2) is 0 Å². The van der Waals surface area contributed by atoms with Gasteiger partial charge in [0.05, 0.1) is 17.3 Å². The van der Waals surface area contributed by atoms with E-state index < -0.39 is 10.0 Å². The van der Waals surface area contributed by atoms with Crippen molar-refractivity contribution in [2.24, 2.45) is 0 Å². The third-order valence-electron chi connectivity index (χ3n) is 2.30. The lowest BCUT2D eigenvalue weighted by Gasteiger charge is -2.06. The largest absolute Gasteiger partial charge is 0.310 e. The Morgan fingerprint density at radius 1 is 1.47 bits per heavy atom. The summed E-state index contributed by atoms with van der Waals surface area (Å²) in [5.41, 5.74) is 1.52. The van der Waals surface area contributed by atoms with Crippen molar-refractivity contribution in [2.75, 3.05) is 11.0 Å². The Morgan fingerprint density at radius 3 is 2.76 bits per heavy atom. The summed E-state index contributed by atoms with van der Waals surface area (Å²) < 4.78 is 26.6. The minimum Gasteiger partial charge on any atom is -0.310 e. The second-order valence-electron chi connectivity index (χ2n) is 3.69. The smallest absolute Gasteiger partial charge is 0.232 e. The number of rotatable bonds is 3. The Labute approximate surface area is 104 Å². The van der Waals surface area contributed by atoms with Crippen molar-refractivity contribution in [3.8, 4) is 0 Å². The van der Waals surface area contributed by atoms with Crippen LogP contribution in [-0.2, 0) is 16.6 Å². The molecule has 0 spiro atoms. The Morgan fingerprint density at radius 2 is 2.18 bits per heavy atom. The average molecular weight is 274 g/mol. The summed E-state index contributed by atoms with van der Waals surface area (Å²) >= 11 is 5.87. The zero-order chi connectivity index (χ0) is 12.6. The fourth-order valence-electron chi connectivity index (χ4n) is 1.67. The highest BCUT2D eigenvalue weighted by Crippen LogP contribution is 2.23. The lowest BCUT2D eigenvalue weighted by atomic mass is 10.3. The normalized spacial score (nSPS) is 11.9. The third kappa shape index (κ3) is 2.53. The molecule has 5 nitrogen and oxygen atoms in total. The fraction of sp³-hybridized carbons (Fsp3) is 0.300. The number of sulfonamides is 1. The van der Waals surface area contributed by atoms with Crippen LogP contribution in [0.2, 0.25) is 5.02 Å². The Bertz CT molecular complexity index is 663. The van der Waals surface area contributed by atoms with E-state index in [0.29, 0.717) is 23.0 Å². The van der Waals surface area contributed by atoms with E-state index >= 15 is 0 Å². The van der Waals surface area contributed by atoms with Gasteiger partial charge in [-0.3, -0.25) is 4.72 Å². The van der Waals surface area contributed by atoms with Crippen LogP contribution in [-0.4, -0.2) is 24.2 Å². The minimum atomic E-state index is -3.33. The van der Waals surface area contributed by atoms with Gasteiger partial charge in [-0.15, -0.1) is 0 Å². The maximum absolute atomic E-state index is 11.2. The number of imidazole rings is 1. The Hall–Kier alpha value is -1.27. The number of halogens is 1. The molecule has 2 aromatic rings. The molecule has 0 saturated carbocycles. The predicted octanol–water partition coefficient (Wildman–Crippen LogP) is 2.08. The molecule has 1 aromatic carbocycles. The highest BCUT2D eigenvalue weighted by molar-refractivity contribution is 7.92. The van der Waals surface area contributed by atoms with Crippen LogP contribution in [0.1, 0.15) is 6.92 Å². The SMILES string of the molecule is CCn1c(NS(C)(=O)=O)nc2cc(Cl)ccc21. The summed E-state index contributed by atoms with van der Waals surface area (Å²) in [4.78, 5) is 4.22. The van der Waals surface area contributed by atoms with Gasteiger partial charge in [-0.25, -0.2) is 13.4 Å². The molecule has 0 aliphatic heterocycles. The van der Waals surface area contributed by atoms with E-state index in [9.17, 15) is 8.42 Å². The molecule has 17 heavy (non-hydrogen) atoms. The van der Waals surface area contributed by atoms with E-state index in [1.54, 1.807) is 16.7 Å². The molecule has 0 radical (unpaired) electrons. The second-order valence-corrected chi connectivity index (χ2v) is 5.87. The van der Waals surface area contributed by atoms with E-state index in [1.165, 1.54) is 0 Å². The predicted molar refractivity (Wildman–Crippen MR) is 68.9 cm³/mol. The van der Waals surface area contributed by atoms with Gasteiger partial charge in [-0.1, -0.05) is 11.6 Å². The number of aromatic nitrogens is 2. The van der Waals surface area contributed by atoms with Gasteiger partial charge in [0.1, 0.15) is 0 Å². The van der Waals surface area contributed by atoms with Crippen LogP contribution < -0.4 is 4.72 Å². The molecule has 0 amide bonds. The van der Waals surface area contributed by atoms with Crippen LogP contribution in [0, 0.1) is 0 Å². The van der Waals surface area contributed by atoms with Gasteiger partial charge >= 0.3 is 0 Å². The number of nitrogens with zero attached hydrogens (tertiary/aromatic N) is 2. The van der Waals surface area contributed by atoms with Gasteiger partial charge in [0.2, 0.25) is 16.0 Å². The van der Waals surface area contributed by atoms with Crippen LogP contribution in [0.4, 0.5) is 5.95 Å². The van der Waals surface area contributed by atoms with E-state index in [2.05, 4.69) is 9.71 Å². The molecule has 0 saturated heterocycles. The third-order valence-corrected chi connectivity index (χ3v) is 3.09. The molecule has 0 fully saturated rings. The lowest BCUT2D eigenvalue weighted by molar-refractivity contribution is 0.606. The van der Waals surface area contributed by atoms with E-state index in [1.807, 2.05) is 13.0 Å². The van der Waals surface area contributed by atoms with Crippen LogP contribution in [0.3, 0.4) is 0 Å². The molecule has 0 aliphatic rings. The molecule has 1 aromatic heterocycles. The number of hydrogen-bond donors (Lipinski definition) is 1. The van der Waals surface area contributed by atoms with Crippen molar-refractivity contribution >= 4 is 38.6 Å². The van der Waals surface area contributed by atoms with E-state index in [0.717, 1.165) is 11.8 Å². The molecule has 2 rings (SSSR count). The first-order chi connectivity index (χ1) is 7.90. The van der Waals surface area contributed by atoms with Gasteiger partial charge in [-0.05, 0) is 25.1 Å². The zero-order valence-electron chi connectivity index (χ0n) is 9.44. The molecule has 1 N–H and O–H groups in total. The number of aryl methyl sites for hydroxylation is 1. The van der Waals surface area contributed by atoms with Gasteiger partial charge in [0.25, 0.3) is 0 Å². The first-order valence-electron chi connectivity index (χ1n) is 5.04. The number of nitrogens with one attached hydrogen (secondary N) is 1. The highest BCUT2D eigenvalue weighted by atomic mass is 35.5. The summed E-state index contributed by atoms with van der Waals surface area (Å²) in [5.74, 6) is 0.312. The summed E-state index contributed by atoms with van der Waals surface area (Å²) in [6.07, 6.45) is 1.10. The summed E-state index contributed by atoms with van der Waals surface area (Å²) in [7, 11) is -3.33. The Balaban J connectivity index is 2.63. The Kier molecular flexibility index (Phi) is 3.01. The van der Waals surface area contributed by atoms with Crippen molar-refractivity contribution in [1.82, 2.24) is 9.55 Å². The van der Waals surface area contributed by atoms with E-state index in [-0.39, 0.29) is 0 Å². The number of fused-ring (bicyclic) bond motifs is 1. The first-order valence-corrected chi connectivity index (χ1v) is 7.31. The van der Waals surface area contributed by atoms with Crippen LogP contribution >= 0.6 is 11.6 Å². The quantitative estimate of drug-likeness (QED) is 0.931. The molecular formula is C10H12ClN3O2S. The molecule has 92 valence electrons. The molecule has 1 heterocycles. The molecule has 0 unspecified atom stereocenters.